The molecule has 0 radical (unpaired) electrons. The fourth-order valence-electron chi connectivity index (χ4n) is 3.22. The van der Waals surface area contributed by atoms with Crippen molar-refractivity contribution < 1.29 is 9.53 Å². The van der Waals surface area contributed by atoms with Gasteiger partial charge in [-0.2, -0.15) is 0 Å². The number of benzene rings is 2. The van der Waals surface area contributed by atoms with E-state index < -0.39 is 0 Å². The molecular formula is C19H16N2O2. The zero-order chi connectivity index (χ0) is 15.8. The first-order valence-corrected chi connectivity index (χ1v) is 7.61. The van der Waals surface area contributed by atoms with Crippen LogP contribution in [0.5, 0.6) is 0 Å². The minimum Gasteiger partial charge on any atom is -0.465 e. The number of nitrogens with one attached hydrogen (secondary N) is 1. The van der Waals surface area contributed by atoms with Gasteiger partial charge < -0.3 is 9.72 Å². The van der Waals surface area contributed by atoms with Crippen LogP contribution in [0, 0.1) is 0 Å². The van der Waals surface area contributed by atoms with Gasteiger partial charge in [-0.15, -0.1) is 0 Å². The second-order valence-corrected chi connectivity index (χ2v) is 5.54. The Hall–Kier alpha value is -2.88. The van der Waals surface area contributed by atoms with Crippen molar-refractivity contribution in [3.63, 3.8) is 0 Å². The van der Waals surface area contributed by atoms with Crippen LogP contribution in [-0.4, -0.2) is 30.3 Å². The number of H-pyrrole nitrogens is 1. The van der Waals surface area contributed by atoms with E-state index in [0.29, 0.717) is 5.56 Å². The van der Waals surface area contributed by atoms with E-state index in [4.69, 9.17) is 9.73 Å². The molecule has 4 nitrogen and oxygen atoms in total. The fourth-order valence-corrected chi connectivity index (χ4v) is 3.22. The van der Waals surface area contributed by atoms with E-state index >= 15 is 0 Å². The van der Waals surface area contributed by atoms with E-state index in [1.54, 1.807) is 6.07 Å². The molecule has 2 heterocycles. The smallest absolute Gasteiger partial charge is 0.338 e. The number of aromatic amines is 1. The molecule has 1 N–H and O–H groups in total. The summed E-state index contributed by atoms with van der Waals surface area (Å²) in [5.74, 6) is -0.341. The molecule has 0 spiro atoms. The van der Waals surface area contributed by atoms with Crippen molar-refractivity contribution in [1.82, 2.24) is 4.98 Å². The van der Waals surface area contributed by atoms with Crippen molar-refractivity contribution in [3.05, 3.63) is 70.9 Å². The second kappa shape index (κ2) is 5.39. The maximum Gasteiger partial charge on any atom is 0.338 e. The Bertz CT molecular complexity index is 937. The van der Waals surface area contributed by atoms with Crippen molar-refractivity contribution in [3.8, 4) is 0 Å². The summed E-state index contributed by atoms with van der Waals surface area (Å²) in [5.41, 5.74) is 5.57. The molecule has 4 rings (SSSR count). The fraction of sp³-hybridized carbons (Fsp3) is 0.158. The molecule has 23 heavy (non-hydrogen) atoms. The van der Waals surface area contributed by atoms with Gasteiger partial charge >= 0.3 is 5.97 Å². The van der Waals surface area contributed by atoms with Crippen LogP contribution < -0.4 is 0 Å². The molecule has 3 aromatic rings. The zero-order valence-electron chi connectivity index (χ0n) is 12.8. The molecule has 0 fully saturated rings. The maximum atomic E-state index is 12.1. The summed E-state index contributed by atoms with van der Waals surface area (Å²) in [6.07, 6.45) is 0.906. The Balaban J connectivity index is 1.93. The Kier molecular flexibility index (Phi) is 3.23. The quantitative estimate of drug-likeness (QED) is 0.738. The number of nitrogens with zero attached hydrogens (tertiary/aromatic N) is 1. The van der Waals surface area contributed by atoms with Crippen molar-refractivity contribution in [2.24, 2.45) is 4.99 Å². The number of rotatable bonds is 2. The molecule has 1 aliphatic rings. The van der Waals surface area contributed by atoms with Gasteiger partial charge in [-0.1, -0.05) is 36.4 Å². The molecule has 1 aromatic heterocycles. The van der Waals surface area contributed by atoms with Gasteiger partial charge in [0.15, 0.2) is 0 Å². The third kappa shape index (κ3) is 2.14. The first-order valence-electron chi connectivity index (χ1n) is 7.61. The highest BCUT2D eigenvalue weighted by atomic mass is 16.5. The van der Waals surface area contributed by atoms with Crippen LogP contribution in [0.2, 0.25) is 0 Å². The van der Waals surface area contributed by atoms with E-state index in [0.717, 1.165) is 35.5 Å². The van der Waals surface area contributed by atoms with Crippen LogP contribution in [0.25, 0.3) is 10.9 Å². The molecule has 0 unspecified atom stereocenters. The van der Waals surface area contributed by atoms with E-state index in [2.05, 4.69) is 17.1 Å². The molecule has 4 heteroatoms. The molecule has 1 aliphatic heterocycles. The average Bonchev–Trinajstić information content (AvgIpc) is 3.00. The van der Waals surface area contributed by atoms with Crippen molar-refractivity contribution in [2.75, 3.05) is 13.7 Å². The van der Waals surface area contributed by atoms with Gasteiger partial charge in [0, 0.05) is 23.0 Å². The van der Waals surface area contributed by atoms with E-state index in [9.17, 15) is 4.79 Å². The minimum absolute atomic E-state index is 0.341. The maximum absolute atomic E-state index is 12.1. The molecule has 0 aliphatic carbocycles. The highest BCUT2D eigenvalue weighted by Crippen LogP contribution is 2.29. The number of fused-ring (bicyclic) bond motifs is 3. The van der Waals surface area contributed by atoms with E-state index in [1.807, 2.05) is 30.3 Å². The van der Waals surface area contributed by atoms with E-state index in [-0.39, 0.29) is 5.97 Å². The summed E-state index contributed by atoms with van der Waals surface area (Å²) in [6, 6.07) is 15.7. The van der Waals surface area contributed by atoms with Gasteiger partial charge in [-0.3, -0.25) is 4.99 Å². The number of para-hydroxylation sites is 1. The summed E-state index contributed by atoms with van der Waals surface area (Å²) in [7, 11) is 1.40. The predicted molar refractivity (Wildman–Crippen MR) is 90.3 cm³/mol. The molecule has 114 valence electrons. The standard InChI is InChI=1S/C19H16N2O2/c1-23-19(22)15-8-3-2-7-13(15)17-18-14(10-11-20-17)12-6-4-5-9-16(12)21-18/h2-9,21H,10-11H2,1H3. The number of esters is 1. The van der Waals surface area contributed by atoms with Crippen LogP contribution in [0.3, 0.4) is 0 Å². The Morgan fingerprint density at radius 3 is 2.78 bits per heavy atom. The largest absolute Gasteiger partial charge is 0.465 e. The van der Waals surface area contributed by atoms with Crippen molar-refractivity contribution in [2.45, 2.75) is 6.42 Å². The van der Waals surface area contributed by atoms with Gasteiger partial charge in [0.05, 0.1) is 24.1 Å². The lowest BCUT2D eigenvalue weighted by molar-refractivity contribution is 0.0600. The number of hydrogen-bond donors (Lipinski definition) is 1. The average molecular weight is 304 g/mol. The van der Waals surface area contributed by atoms with Crippen molar-refractivity contribution >= 4 is 22.6 Å². The Labute approximate surface area is 133 Å². The molecule has 2 aromatic carbocycles. The monoisotopic (exact) mass is 304 g/mol. The number of carbonyl (C=O) groups excluding carboxylic acids is 1. The summed E-state index contributed by atoms with van der Waals surface area (Å²) < 4.78 is 4.91. The summed E-state index contributed by atoms with van der Waals surface area (Å²) in [5, 5.41) is 1.23. The first-order chi connectivity index (χ1) is 11.3. The second-order valence-electron chi connectivity index (χ2n) is 5.54. The van der Waals surface area contributed by atoms with Crippen LogP contribution in [0.15, 0.2) is 53.5 Å². The molecule has 0 atom stereocenters. The number of methoxy groups -OCH3 is 1. The van der Waals surface area contributed by atoms with Crippen LogP contribution in [0.1, 0.15) is 27.2 Å². The summed E-state index contributed by atoms with van der Waals surface area (Å²) in [4.78, 5) is 20.2. The summed E-state index contributed by atoms with van der Waals surface area (Å²) >= 11 is 0. The molecule has 0 saturated carbocycles. The lowest BCUT2D eigenvalue weighted by Crippen LogP contribution is -2.17. The first kappa shape index (κ1) is 13.8. The van der Waals surface area contributed by atoms with Gasteiger partial charge in [0.1, 0.15) is 0 Å². The van der Waals surface area contributed by atoms with Gasteiger partial charge in [-0.25, -0.2) is 4.79 Å². The number of hydrogen-bond acceptors (Lipinski definition) is 3. The Morgan fingerprint density at radius 1 is 1.13 bits per heavy atom. The number of carbonyl (C=O) groups is 1. The highest BCUT2D eigenvalue weighted by molar-refractivity contribution is 6.19. The van der Waals surface area contributed by atoms with Gasteiger partial charge in [0.2, 0.25) is 0 Å². The third-order valence-corrected chi connectivity index (χ3v) is 4.27. The normalized spacial score (nSPS) is 13.5. The number of aromatic nitrogens is 1. The van der Waals surface area contributed by atoms with Gasteiger partial charge in [0.25, 0.3) is 0 Å². The molecule has 0 amide bonds. The topological polar surface area (TPSA) is 54.4 Å². The molecule has 0 bridgehead atoms. The number of aliphatic imine (C=N–C) groups is 1. The van der Waals surface area contributed by atoms with Crippen molar-refractivity contribution in [1.29, 1.82) is 0 Å². The van der Waals surface area contributed by atoms with Gasteiger partial charge in [-0.05, 0) is 24.1 Å². The SMILES string of the molecule is COC(=O)c1ccccc1C1=NCCc2c1[nH]c1ccccc21. The molecular weight excluding hydrogens is 288 g/mol. The lowest BCUT2D eigenvalue weighted by Gasteiger charge is -2.15. The van der Waals surface area contributed by atoms with Crippen LogP contribution >= 0.6 is 0 Å². The summed E-state index contributed by atoms with van der Waals surface area (Å²) in [6.45, 7) is 0.722. The third-order valence-electron chi connectivity index (χ3n) is 4.27. The van der Waals surface area contributed by atoms with Crippen LogP contribution in [0.4, 0.5) is 0 Å². The zero-order valence-corrected chi connectivity index (χ0v) is 12.8. The van der Waals surface area contributed by atoms with E-state index in [1.165, 1.54) is 18.1 Å². The highest BCUT2D eigenvalue weighted by Gasteiger charge is 2.24. The lowest BCUT2D eigenvalue weighted by atomic mass is 9.95. The minimum atomic E-state index is -0.341. The predicted octanol–water partition coefficient (Wildman–Crippen LogP) is 3.35. The molecule has 0 saturated heterocycles. The Morgan fingerprint density at radius 2 is 1.91 bits per heavy atom. The van der Waals surface area contributed by atoms with Crippen LogP contribution in [-0.2, 0) is 11.2 Å². The number of ether oxygens (including phenoxy) is 1.